The second-order valence-corrected chi connectivity index (χ2v) is 8.64. The number of fused-ring (bicyclic) bond motifs is 2. The van der Waals surface area contributed by atoms with E-state index < -0.39 is 0 Å². The standard InChI is InChI=1S/C25H27N5O3/c1-31-23-12-18(29-14-20-11-19(29)15-32-20)7-8-21(23)28-24-13-25(27-16-26-24)30-22(9-10-33-30)17-5-3-2-4-6-17/h2-8,12-13,16,19-20,22H,9-11,14-15H2,1H3,(H,26,27,28)/t19-,20-,22-/m1/s1. The number of nitrogens with one attached hydrogen (secondary N) is 1. The Labute approximate surface area is 193 Å². The zero-order valence-corrected chi connectivity index (χ0v) is 18.6. The first-order valence-corrected chi connectivity index (χ1v) is 11.4. The lowest BCUT2D eigenvalue weighted by atomic mass is 10.0. The number of ether oxygens (including phenoxy) is 2. The molecule has 0 spiro atoms. The van der Waals surface area contributed by atoms with Crippen LogP contribution in [-0.4, -0.2) is 49.0 Å². The summed E-state index contributed by atoms with van der Waals surface area (Å²) in [5.74, 6) is 2.18. The Morgan fingerprint density at radius 3 is 2.79 bits per heavy atom. The van der Waals surface area contributed by atoms with Gasteiger partial charge in [-0.1, -0.05) is 30.3 Å². The van der Waals surface area contributed by atoms with Crippen LogP contribution >= 0.6 is 0 Å². The Bertz CT molecular complexity index is 1130. The Hall–Kier alpha value is -3.36. The van der Waals surface area contributed by atoms with Crippen LogP contribution in [0.3, 0.4) is 0 Å². The molecule has 170 valence electrons. The van der Waals surface area contributed by atoms with Crippen LogP contribution in [-0.2, 0) is 9.57 Å². The summed E-state index contributed by atoms with van der Waals surface area (Å²) < 4.78 is 11.4. The van der Waals surface area contributed by atoms with Gasteiger partial charge in [0, 0.05) is 30.8 Å². The molecule has 2 bridgehead atoms. The quantitative estimate of drug-likeness (QED) is 0.608. The number of methoxy groups -OCH3 is 1. The number of hydrogen-bond acceptors (Lipinski definition) is 8. The lowest BCUT2D eigenvalue weighted by molar-refractivity contribution is 0.0991. The van der Waals surface area contributed by atoms with Crippen molar-refractivity contribution in [1.82, 2.24) is 9.97 Å². The zero-order chi connectivity index (χ0) is 22.2. The number of morpholine rings is 1. The second-order valence-electron chi connectivity index (χ2n) is 8.64. The van der Waals surface area contributed by atoms with Crippen molar-refractivity contribution in [3.8, 4) is 5.75 Å². The first kappa shape index (κ1) is 20.3. The highest BCUT2D eigenvalue weighted by atomic mass is 16.7. The van der Waals surface area contributed by atoms with Gasteiger partial charge in [0.05, 0.1) is 44.2 Å². The molecule has 6 rings (SSSR count). The molecule has 8 nitrogen and oxygen atoms in total. The number of benzene rings is 2. The predicted octanol–water partition coefficient (Wildman–Crippen LogP) is 4.09. The highest BCUT2D eigenvalue weighted by Gasteiger charge is 2.39. The van der Waals surface area contributed by atoms with E-state index >= 15 is 0 Å². The van der Waals surface area contributed by atoms with Gasteiger partial charge in [-0.3, -0.25) is 4.84 Å². The van der Waals surface area contributed by atoms with Gasteiger partial charge in [-0.15, -0.1) is 0 Å². The molecule has 0 unspecified atom stereocenters. The van der Waals surface area contributed by atoms with Crippen LogP contribution < -0.4 is 20.0 Å². The molecule has 2 aromatic carbocycles. The van der Waals surface area contributed by atoms with Crippen LogP contribution in [0.2, 0.25) is 0 Å². The van der Waals surface area contributed by atoms with Gasteiger partial charge in [0.25, 0.3) is 0 Å². The highest BCUT2D eigenvalue weighted by Crippen LogP contribution is 2.38. The van der Waals surface area contributed by atoms with Crippen molar-refractivity contribution in [2.24, 2.45) is 0 Å². The molecule has 4 heterocycles. The largest absolute Gasteiger partial charge is 0.494 e. The van der Waals surface area contributed by atoms with Crippen molar-refractivity contribution in [3.05, 3.63) is 66.5 Å². The van der Waals surface area contributed by atoms with E-state index in [9.17, 15) is 0 Å². The Morgan fingerprint density at radius 1 is 1.09 bits per heavy atom. The molecule has 3 aliphatic rings. The third-order valence-corrected chi connectivity index (χ3v) is 6.65. The Kier molecular flexibility index (Phi) is 5.24. The number of rotatable bonds is 6. The van der Waals surface area contributed by atoms with Crippen LogP contribution in [0.1, 0.15) is 24.4 Å². The third kappa shape index (κ3) is 3.85. The van der Waals surface area contributed by atoms with Gasteiger partial charge >= 0.3 is 0 Å². The lowest BCUT2D eigenvalue weighted by Gasteiger charge is -2.29. The van der Waals surface area contributed by atoms with Crippen LogP contribution in [0, 0.1) is 0 Å². The molecule has 3 aromatic rings. The number of aromatic nitrogens is 2. The maximum Gasteiger partial charge on any atom is 0.158 e. The minimum Gasteiger partial charge on any atom is -0.494 e. The normalized spacial score (nSPS) is 23.8. The van der Waals surface area contributed by atoms with Gasteiger partial charge in [0.1, 0.15) is 17.9 Å². The van der Waals surface area contributed by atoms with E-state index in [-0.39, 0.29) is 6.04 Å². The summed E-state index contributed by atoms with van der Waals surface area (Å²) in [7, 11) is 1.69. The third-order valence-electron chi connectivity index (χ3n) is 6.65. The van der Waals surface area contributed by atoms with Crippen LogP contribution in [0.5, 0.6) is 5.75 Å². The molecular formula is C25H27N5O3. The monoisotopic (exact) mass is 445 g/mol. The van der Waals surface area contributed by atoms with Crippen LogP contribution in [0.15, 0.2) is 60.9 Å². The van der Waals surface area contributed by atoms with E-state index in [2.05, 4.69) is 56.6 Å². The first-order valence-electron chi connectivity index (χ1n) is 11.4. The number of hydrogen-bond donors (Lipinski definition) is 1. The van der Waals surface area contributed by atoms with Crippen molar-refractivity contribution >= 4 is 23.0 Å². The smallest absolute Gasteiger partial charge is 0.158 e. The Balaban J connectivity index is 1.22. The fourth-order valence-electron chi connectivity index (χ4n) is 5.02. The maximum atomic E-state index is 5.93. The molecule has 0 saturated carbocycles. The van der Waals surface area contributed by atoms with Crippen molar-refractivity contribution in [3.63, 3.8) is 0 Å². The molecule has 0 amide bonds. The van der Waals surface area contributed by atoms with Gasteiger partial charge in [0.2, 0.25) is 0 Å². The van der Waals surface area contributed by atoms with E-state index in [0.717, 1.165) is 48.9 Å². The fraction of sp³-hybridized carbons (Fsp3) is 0.360. The molecular weight excluding hydrogens is 418 g/mol. The van der Waals surface area contributed by atoms with Gasteiger partial charge in [-0.2, -0.15) is 0 Å². The zero-order valence-electron chi connectivity index (χ0n) is 18.6. The number of anilines is 4. The molecule has 1 aromatic heterocycles. The summed E-state index contributed by atoms with van der Waals surface area (Å²) in [6.45, 7) is 2.40. The summed E-state index contributed by atoms with van der Waals surface area (Å²) >= 11 is 0. The van der Waals surface area contributed by atoms with Crippen LogP contribution in [0.25, 0.3) is 0 Å². The minimum atomic E-state index is 0.127. The van der Waals surface area contributed by atoms with Crippen molar-refractivity contribution in [1.29, 1.82) is 0 Å². The minimum absolute atomic E-state index is 0.127. The average Bonchev–Trinajstić information content (AvgIpc) is 3.62. The topological polar surface area (TPSA) is 72.0 Å². The van der Waals surface area contributed by atoms with E-state index in [1.807, 2.05) is 23.3 Å². The van der Waals surface area contributed by atoms with Gasteiger partial charge in [0.15, 0.2) is 5.82 Å². The van der Waals surface area contributed by atoms with E-state index in [1.165, 1.54) is 5.56 Å². The van der Waals surface area contributed by atoms with E-state index in [0.29, 0.717) is 24.6 Å². The lowest BCUT2D eigenvalue weighted by Crippen LogP contribution is -2.36. The molecule has 3 saturated heterocycles. The molecule has 3 atom stereocenters. The summed E-state index contributed by atoms with van der Waals surface area (Å²) in [6.07, 6.45) is 3.93. The predicted molar refractivity (Wildman–Crippen MR) is 126 cm³/mol. The van der Waals surface area contributed by atoms with Crippen molar-refractivity contribution in [2.45, 2.75) is 31.0 Å². The van der Waals surface area contributed by atoms with Gasteiger partial charge in [-0.05, 0) is 24.1 Å². The molecule has 3 aliphatic heterocycles. The summed E-state index contributed by atoms with van der Waals surface area (Å²) in [5, 5.41) is 5.27. The molecule has 1 N–H and O–H groups in total. The molecule has 33 heavy (non-hydrogen) atoms. The molecule has 0 radical (unpaired) electrons. The number of nitrogens with zero attached hydrogens (tertiary/aromatic N) is 4. The Morgan fingerprint density at radius 2 is 2.00 bits per heavy atom. The maximum absolute atomic E-state index is 5.93. The van der Waals surface area contributed by atoms with E-state index in [1.54, 1.807) is 13.4 Å². The molecule has 0 aliphatic carbocycles. The second kappa shape index (κ2) is 8.53. The van der Waals surface area contributed by atoms with Gasteiger partial charge < -0.3 is 19.7 Å². The van der Waals surface area contributed by atoms with Crippen molar-refractivity contribution in [2.75, 3.05) is 42.1 Å². The highest BCUT2D eigenvalue weighted by molar-refractivity contribution is 5.70. The SMILES string of the molecule is COc1cc(N2C[C@H]3C[C@@H]2CO3)ccc1Nc1cc(N2OCC[C@@H]2c2ccccc2)ncn1. The number of hydroxylamine groups is 1. The molecule has 3 fully saturated rings. The average molecular weight is 446 g/mol. The molecule has 8 heteroatoms. The first-order chi connectivity index (χ1) is 16.3. The summed E-state index contributed by atoms with van der Waals surface area (Å²) in [6, 6.07) is 19.1. The summed E-state index contributed by atoms with van der Waals surface area (Å²) in [5.41, 5.74) is 3.22. The van der Waals surface area contributed by atoms with Crippen LogP contribution in [0.4, 0.5) is 23.0 Å². The van der Waals surface area contributed by atoms with Crippen molar-refractivity contribution < 1.29 is 14.3 Å². The van der Waals surface area contributed by atoms with Gasteiger partial charge in [-0.25, -0.2) is 15.0 Å². The van der Waals surface area contributed by atoms with E-state index in [4.69, 9.17) is 14.3 Å². The fourth-order valence-corrected chi connectivity index (χ4v) is 5.02. The summed E-state index contributed by atoms with van der Waals surface area (Å²) in [4.78, 5) is 17.2.